The van der Waals surface area contributed by atoms with Gasteiger partial charge in [0.05, 0.1) is 25.0 Å². The second-order valence-corrected chi connectivity index (χ2v) is 11.2. The van der Waals surface area contributed by atoms with E-state index in [0.29, 0.717) is 18.0 Å². The fraction of sp³-hybridized carbons (Fsp3) is 0.517. The van der Waals surface area contributed by atoms with Gasteiger partial charge in [0.1, 0.15) is 17.2 Å². The maximum Gasteiger partial charge on any atom is 0.407 e. The third-order valence-corrected chi connectivity index (χ3v) is 6.00. The van der Waals surface area contributed by atoms with Crippen LogP contribution in [0.15, 0.2) is 41.4 Å². The first-order chi connectivity index (χ1) is 17.9. The quantitative estimate of drug-likeness (QED) is 0.396. The van der Waals surface area contributed by atoms with Gasteiger partial charge in [0.25, 0.3) is 0 Å². The maximum absolute atomic E-state index is 13.8. The molecule has 9 heteroatoms. The van der Waals surface area contributed by atoms with Crippen molar-refractivity contribution in [3.8, 4) is 0 Å². The summed E-state index contributed by atoms with van der Waals surface area (Å²) in [6.07, 6.45) is 1.06. The molecular weight excluding hydrogens is 490 g/mol. The number of nitrogens with one attached hydrogen (secondary N) is 2. The third-order valence-electron chi connectivity index (χ3n) is 6.00. The summed E-state index contributed by atoms with van der Waals surface area (Å²) >= 11 is 0. The van der Waals surface area contributed by atoms with Crippen LogP contribution in [0.1, 0.15) is 51.3 Å². The lowest BCUT2D eigenvalue weighted by Gasteiger charge is -2.27. The van der Waals surface area contributed by atoms with Gasteiger partial charge in [-0.15, -0.1) is 0 Å². The monoisotopic (exact) mass is 530 g/mol. The van der Waals surface area contributed by atoms with Gasteiger partial charge in [0.2, 0.25) is 0 Å². The van der Waals surface area contributed by atoms with Crippen LogP contribution >= 0.6 is 0 Å². The van der Waals surface area contributed by atoms with Gasteiger partial charge in [0, 0.05) is 31.4 Å². The molecule has 1 aliphatic heterocycles. The summed E-state index contributed by atoms with van der Waals surface area (Å²) in [6, 6.07) is 8.75. The van der Waals surface area contributed by atoms with Crippen molar-refractivity contribution in [2.75, 3.05) is 24.5 Å². The number of carbonyl (C=O) groups excluding carboxylic acids is 1. The summed E-state index contributed by atoms with van der Waals surface area (Å²) in [5.41, 5.74) is 2.94. The second kappa shape index (κ2) is 13.2. The van der Waals surface area contributed by atoms with E-state index in [2.05, 4.69) is 52.6 Å². The van der Waals surface area contributed by atoms with Crippen LogP contribution in [0.2, 0.25) is 0 Å². The van der Waals surface area contributed by atoms with Crippen LogP contribution in [0, 0.1) is 17.6 Å². The van der Waals surface area contributed by atoms with E-state index in [1.54, 1.807) is 20.8 Å². The highest BCUT2D eigenvalue weighted by Gasteiger charge is 2.25. The molecule has 3 N–H and O–H groups in total. The summed E-state index contributed by atoms with van der Waals surface area (Å²) in [5.74, 6) is -0.921. The number of benzene rings is 2. The Hall–Kier alpha value is -3.04. The molecule has 208 valence electrons. The molecule has 0 saturated heterocycles. The number of aliphatic hydroxyl groups excluding tert-OH is 1. The van der Waals surface area contributed by atoms with Crippen LogP contribution in [0.5, 0.6) is 0 Å². The molecule has 7 nitrogen and oxygen atoms in total. The van der Waals surface area contributed by atoms with Crippen LogP contribution in [-0.4, -0.2) is 54.9 Å². The Balaban J connectivity index is 1.72. The first-order valence-electron chi connectivity index (χ1n) is 13.1. The fourth-order valence-corrected chi connectivity index (χ4v) is 4.44. The molecule has 0 aromatic heterocycles. The van der Waals surface area contributed by atoms with Gasteiger partial charge in [-0.1, -0.05) is 26.0 Å². The standard InChI is InChI=1S/C29H40F2N4O3/c1-19(2)10-20-6-7-26(35-9-8-32-18-35)22(11-20)16-33-17-27(36)25(34-28(37)38-29(3,4)5)14-21-12-23(30)15-24(31)13-21/h6-7,11-13,15,18-19,25,27,33,36H,8-10,14,16-17H2,1-5H3,(H,34,37). The van der Waals surface area contributed by atoms with Gasteiger partial charge in [0.15, 0.2) is 0 Å². The lowest BCUT2D eigenvalue weighted by molar-refractivity contribution is 0.0422. The average Bonchev–Trinajstić information content (AvgIpc) is 3.31. The Bertz CT molecular complexity index is 1100. The lowest BCUT2D eigenvalue weighted by Crippen LogP contribution is -2.50. The number of aliphatic imine (C=N–C) groups is 1. The number of ether oxygens (including phenoxy) is 1. The zero-order chi connectivity index (χ0) is 27.9. The molecule has 1 aliphatic rings. The van der Waals surface area contributed by atoms with Gasteiger partial charge in [-0.05, 0) is 74.4 Å². The Morgan fingerprint density at radius 1 is 1.11 bits per heavy atom. The van der Waals surface area contributed by atoms with Gasteiger partial charge < -0.3 is 25.4 Å². The number of alkyl carbamates (subject to hydrolysis) is 1. The predicted octanol–water partition coefficient (Wildman–Crippen LogP) is 4.60. The molecule has 1 heterocycles. The number of hydrogen-bond donors (Lipinski definition) is 3. The zero-order valence-corrected chi connectivity index (χ0v) is 22.9. The molecule has 0 saturated carbocycles. The third kappa shape index (κ3) is 9.36. The topological polar surface area (TPSA) is 86.2 Å². The number of nitrogens with zero attached hydrogens (tertiary/aromatic N) is 2. The minimum atomic E-state index is -1.05. The molecule has 0 spiro atoms. The highest BCUT2D eigenvalue weighted by atomic mass is 19.1. The maximum atomic E-state index is 13.8. The molecule has 3 rings (SSSR count). The number of carbonyl (C=O) groups is 1. The van der Waals surface area contributed by atoms with Crippen LogP contribution < -0.4 is 15.5 Å². The van der Waals surface area contributed by atoms with Crippen LogP contribution in [0.25, 0.3) is 0 Å². The van der Waals surface area contributed by atoms with E-state index in [4.69, 9.17) is 4.74 Å². The van der Waals surface area contributed by atoms with Gasteiger partial charge in [-0.2, -0.15) is 0 Å². The molecule has 2 unspecified atom stereocenters. The molecule has 1 amide bonds. The van der Waals surface area contributed by atoms with Crippen molar-refractivity contribution in [1.82, 2.24) is 10.6 Å². The Kier molecular flexibility index (Phi) is 10.2. The molecule has 0 bridgehead atoms. The van der Waals surface area contributed by atoms with Crippen molar-refractivity contribution in [2.45, 2.75) is 71.8 Å². The molecular formula is C29H40F2N4O3. The normalized spacial score (nSPS) is 15.1. The van der Waals surface area contributed by atoms with E-state index >= 15 is 0 Å². The van der Waals surface area contributed by atoms with E-state index in [-0.39, 0.29) is 13.0 Å². The summed E-state index contributed by atoms with van der Waals surface area (Å²) < 4.78 is 32.9. The molecule has 0 aliphatic carbocycles. The molecule has 0 fully saturated rings. The molecule has 38 heavy (non-hydrogen) atoms. The van der Waals surface area contributed by atoms with Gasteiger partial charge >= 0.3 is 6.09 Å². The second-order valence-electron chi connectivity index (χ2n) is 11.2. The first kappa shape index (κ1) is 29.5. The molecule has 0 radical (unpaired) electrons. The number of halogens is 2. The summed E-state index contributed by atoms with van der Waals surface area (Å²) in [7, 11) is 0. The Morgan fingerprint density at radius 3 is 2.42 bits per heavy atom. The highest BCUT2D eigenvalue weighted by molar-refractivity contribution is 5.82. The summed E-state index contributed by atoms with van der Waals surface area (Å²) in [4.78, 5) is 18.9. The van der Waals surface area contributed by atoms with Crippen molar-refractivity contribution in [3.05, 3.63) is 64.7 Å². The Morgan fingerprint density at radius 2 is 1.82 bits per heavy atom. The zero-order valence-electron chi connectivity index (χ0n) is 22.9. The number of amides is 1. The minimum absolute atomic E-state index is 0.0239. The molecule has 2 atom stereocenters. The lowest BCUT2D eigenvalue weighted by atomic mass is 9.99. The largest absolute Gasteiger partial charge is 0.444 e. The predicted molar refractivity (Wildman–Crippen MR) is 147 cm³/mol. The van der Waals surface area contributed by atoms with Crippen LogP contribution in [0.4, 0.5) is 19.3 Å². The van der Waals surface area contributed by atoms with Crippen molar-refractivity contribution in [3.63, 3.8) is 0 Å². The minimum Gasteiger partial charge on any atom is -0.444 e. The van der Waals surface area contributed by atoms with E-state index in [0.717, 1.165) is 36.8 Å². The number of anilines is 1. The van der Waals surface area contributed by atoms with Crippen molar-refractivity contribution >= 4 is 18.1 Å². The van der Waals surface area contributed by atoms with Crippen LogP contribution in [-0.2, 0) is 24.1 Å². The van der Waals surface area contributed by atoms with E-state index in [9.17, 15) is 18.7 Å². The molecule has 2 aromatic rings. The van der Waals surface area contributed by atoms with E-state index < -0.39 is 35.5 Å². The summed E-state index contributed by atoms with van der Waals surface area (Å²) in [5, 5.41) is 17.0. The average molecular weight is 531 g/mol. The number of aliphatic hydroxyl groups is 1. The van der Waals surface area contributed by atoms with Crippen LogP contribution in [0.3, 0.4) is 0 Å². The number of hydrogen-bond acceptors (Lipinski definition) is 6. The SMILES string of the molecule is CC(C)Cc1ccc(N2C=NCC2)c(CNCC(O)C(Cc2cc(F)cc(F)c2)NC(=O)OC(C)(C)C)c1. The first-order valence-corrected chi connectivity index (χ1v) is 13.1. The smallest absolute Gasteiger partial charge is 0.407 e. The molecule has 2 aromatic carbocycles. The summed E-state index contributed by atoms with van der Waals surface area (Å²) in [6.45, 7) is 11.7. The Labute approximate surface area is 224 Å². The van der Waals surface area contributed by atoms with Crippen molar-refractivity contribution in [2.24, 2.45) is 10.9 Å². The van der Waals surface area contributed by atoms with Crippen molar-refractivity contribution < 1.29 is 23.4 Å². The van der Waals surface area contributed by atoms with Gasteiger partial charge in [-0.25, -0.2) is 13.6 Å². The fourth-order valence-electron chi connectivity index (χ4n) is 4.44. The van der Waals surface area contributed by atoms with Gasteiger partial charge in [-0.3, -0.25) is 4.99 Å². The van der Waals surface area contributed by atoms with E-state index in [1.807, 2.05) is 6.34 Å². The highest BCUT2D eigenvalue weighted by Crippen LogP contribution is 2.24. The number of rotatable bonds is 11. The van der Waals surface area contributed by atoms with E-state index in [1.165, 1.54) is 17.7 Å². The van der Waals surface area contributed by atoms with Crippen molar-refractivity contribution in [1.29, 1.82) is 0 Å².